The Bertz CT molecular complexity index is 394. The standard InChI is InChI=1S/C12H13BrOS/c1-6-2-10(15-12(6)13)11(14)9-4-7-3-8(7)5-9/h2,7-9H,3-5H2,1H3. The van der Waals surface area contributed by atoms with E-state index in [9.17, 15) is 4.79 Å². The predicted octanol–water partition coefficient (Wildman–Crippen LogP) is 4.05. The van der Waals surface area contributed by atoms with Crippen molar-refractivity contribution < 1.29 is 4.79 Å². The molecular formula is C12H13BrOS. The molecule has 15 heavy (non-hydrogen) atoms. The summed E-state index contributed by atoms with van der Waals surface area (Å²) in [6.07, 6.45) is 3.69. The van der Waals surface area contributed by atoms with E-state index >= 15 is 0 Å². The molecule has 3 rings (SSSR count). The van der Waals surface area contributed by atoms with Crippen LogP contribution in [0.4, 0.5) is 0 Å². The van der Waals surface area contributed by atoms with Crippen LogP contribution in [0.5, 0.6) is 0 Å². The molecule has 0 bridgehead atoms. The van der Waals surface area contributed by atoms with Crippen molar-refractivity contribution in [1.29, 1.82) is 0 Å². The lowest BCUT2D eigenvalue weighted by molar-refractivity contribution is 0.0918. The molecule has 2 aliphatic carbocycles. The van der Waals surface area contributed by atoms with Crippen LogP contribution in [0.25, 0.3) is 0 Å². The van der Waals surface area contributed by atoms with Gasteiger partial charge < -0.3 is 0 Å². The predicted molar refractivity (Wildman–Crippen MR) is 65.4 cm³/mol. The van der Waals surface area contributed by atoms with Crippen LogP contribution in [-0.4, -0.2) is 5.78 Å². The van der Waals surface area contributed by atoms with E-state index in [1.807, 2.05) is 13.0 Å². The first-order chi connectivity index (χ1) is 7.15. The smallest absolute Gasteiger partial charge is 0.175 e. The van der Waals surface area contributed by atoms with E-state index in [0.29, 0.717) is 11.7 Å². The molecule has 2 unspecified atom stereocenters. The fourth-order valence-electron chi connectivity index (χ4n) is 2.71. The van der Waals surface area contributed by atoms with Gasteiger partial charge in [0, 0.05) is 5.92 Å². The molecule has 0 amide bonds. The topological polar surface area (TPSA) is 17.1 Å². The van der Waals surface area contributed by atoms with Gasteiger partial charge in [0.1, 0.15) is 0 Å². The summed E-state index contributed by atoms with van der Waals surface area (Å²) in [5.41, 5.74) is 1.19. The van der Waals surface area contributed by atoms with Crippen molar-refractivity contribution in [2.45, 2.75) is 26.2 Å². The van der Waals surface area contributed by atoms with Gasteiger partial charge in [0.25, 0.3) is 0 Å². The van der Waals surface area contributed by atoms with Crippen LogP contribution in [0.1, 0.15) is 34.5 Å². The first-order valence-electron chi connectivity index (χ1n) is 5.45. The summed E-state index contributed by atoms with van der Waals surface area (Å²) < 4.78 is 1.11. The maximum absolute atomic E-state index is 12.2. The lowest BCUT2D eigenvalue weighted by Gasteiger charge is -2.07. The Labute approximate surface area is 102 Å². The van der Waals surface area contributed by atoms with Crippen LogP contribution in [-0.2, 0) is 0 Å². The third-order valence-corrected chi connectivity index (χ3v) is 5.87. The molecular weight excluding hydrogens is 272 g/mol. The fraction of sp³-hybridized carbons (Fsp3) is 0.583. The summed E-state index contributed by atoms with van der Waals surface area (Å²) >= 11 is 5.07. The highest BCUT2D eigenvalue weighted by Gasteiger charge is 2.48. The summed E-state index contributed by atoms with van der Waals surface area (Å²) in [4.78, 5) is 13.1. The maximum Gasteiger partial charge on any atom is 0.175 e. The molecule has 80 valence electrons. The average molecular weight is 285 g/mol. The fourth-order valence-corrected chi connectivity index (χ4v) is 4.26. The lowest BCUT2D eigenvalue weighted by Crippen LogP contribution is -2.11. The number of Topliss-reactive ketones (excluding diaryl/α,β-unsaturated/α-hetero) is 1. The van der Waals surface area contributed by atoms with Crippen LogP contribution in [0.3, 0.4) is 0 Å². The molecule has 1 nitrogen and oxygen atoms in total. The molecule has 0 radical (unpaired) electrons. The van der Waals surface area contributed by atoms with Crippen LogP contribution in [0.15, 0.2) is 9.85 Å². The Hall–Kier alpha value is -0.150. The molecule has 2 fully saturated rings. The van der Waals surface area contributed by atoms with Gasteiger partial charge in [-0.2, -0.15) is 0 Å². The number of ketones is 1. The molecule has 0 N–H and O–H groups in total. The Balaban J connectivity index is 1.79. The quantitative estimate of drug-likeness (QED) is 0.749. The highest BCUT2D eigenvalue weighted by molar-refractivity contribution is 9.11. The first-order valence-corrected chi connectivity index (χ1v) is 7.06. The van der Waals surface area contributed by atoms with E-state index in [0.717, 1.165) is 33.3 Å². The highest BCUT2D eigenvalue weighted by atomic mass is 79.9. The van der Waals surface area contributed by atoms with Crippen LogP contribution in [0, 0.1) is 24.7 Å². The number of fused-ring (bicyclic) bond motifs is 1. The van der Waals surface area contributed by atoms with Crippen molar-refractivity contribution in [2.75, 3.05) is 0 Å². The van der Waals surface area contributed by atoms with E-state index in [2.05, 4.69) is 15.9 Å². The van der Waals surface area contributed by atoms with Crippen LogP contribution < -0.4 is 0 Å². The lowest BCUT2D eigenvalue weighted by atomic mass is 9.97. The van der Waals surface area contributed by atoms with E-state index < -0.39 is 0 Å². The Morgan fingerprint density at radius 1 is 1.40 bits per heavy atom. The van der Waals surface area contributed by atoms with Crippen LogP contribution in [0.2, 0.25) is 0 Å². The zero-order chi connectivity index (χ0) is 10.6. The van der Waals surface area contributed by atoms with Gasteiger partial charge in [-0.1, -0.05) is 0 Å². The normalized spacial score (nSPS) is 32.8. The number of hydrogen-bond donors (Lipinski definition) is 0. The van der Waals surface area contributed by atoms with Crippen molar-refractivity contribution in [3.05, 3.63) is 20.3 Å². The van der Waals surface area contributed by atoms with Crippen molar-refractivity contribution in [3.63, 3.8) is 0 Å². The molecule has 3 heteroatoms. The minimum absolute atomic E-state index is 0.332. The number of halogens is 1. The number of hydrogen-bond acceptors (Lipinski definition) is 2. The second-order valence-corrected chi connectivity index (χ2v) is 7.23. The summed E-state index contributed by atoms with van der Waals surface area (Å²) in [6, 6.07) is 2.03. The minimum atomic E-state index is 0.332. The number of rotatable bonds is 2. The van der Waals surface area contributed by atoms with Gasteiger partial charge in [0.15, 0.2) is 5.78 Å². The van der Waals surface area contributed by atoms with Gasteiger partial charge >= 0.3 is 0 Å². The van der Waals surface area contributed by atoms with Crippen molar-refractivity contribution in [2.24, 2.45) is 17.8 Å². The van der Waals surface area contributed by atoms with Crippen molar-refractivity contribution in [3.8, 4) is 0 Å². The second-order valence-electron chi connectivity index (χ2n) is 4.86. The van der Waals surface area contributed by atoms with Gasteiger partial charge in [-0.3, -0.25) is 4.79 Å². The number of carbonyl (C=O) groups is 1. The molecule has 0 aromatic carbocycles. The largest absolute Gasteiger partial charge is 0.293 e. The molecule has 2 saturated carbocycles. The van der Waals surface area contributed by atoms with E-state index in [1.54, 1.807) is 11.3 Å². The number of aryl methyl sites for hydroxylation is 1. The second kappa shape index (κ2) is 3.42. The average Bonchev–Trinajstić information content (AvgIpc) is 2.66. The van der Waals surface area contributed by atoms with Gasteiger partial charge in [-0.15, -0.1) is 11.3 Å². The van der Waals surface area contributed by atoms with E-state index in [1.165, 1.54) is 12.0 Å². The summed E-state index contributed by atoms with van der Waals surface area (Å²) in [5.74, 6) is 2.51. The van der Waals surface area contributed by atoms with E-state index in [-0.39, 0.29) is 0 Å². The third-order valence-electron chi connectivity index (χ3n) is 3.71. The SMILES string of the molecule is Cc1cc(C(=O)C2CC3CC3C2)sc1Br. The molecule has 1 heterocycles. The molecule has 2 atom stereocenters. The Morgan fingerprint density at radius 3 is 2.60 bits per heavy atom. The highest BCUT2D eigenvalue weighted by Crippen LogP contribution is 2.55. The molecule has 0 spiro atoms. The van der Waals surface area contributed by atoms with Crippen LogP contribution >= 0.6 is 27.3 Å². The molecule has 0 aliphatic heterocycles. The third kappa shape index (κ3) is 1.70. The Morgan fingerprint density at radius 2 is 2.07 bits per heavy atom. The number of thiophene rings is 1. The van der Waals surface area contributed by atoms with Gasteiger partial charge in [-0.05, 0) is 65.6 Å². The van der Waals surface area contributed by atoms with Gasteiger partial charge in [0.2, 0.25) is 0 Å². The molecule has 1 aromatic heterocycles. The van der Waals surface area contributed by atoms with Crippen molar-refractivity contribution >= 4 is 33.0 Å². The zero-order valence-corrected chi connectivity index (χ0v) is 11.0. The number of carbonyl (C=O) groups excluding carboxylic acids is 1. The minimum Gasteiger partial charge on any atom is -0.293 e. The summed E-state index contributed by atoms with van der Waals surface area (Å²) in [5, 5.41) is 0. The summed E-state index contributed by atoms with van der Waals surface area (Å²) in [7, 11) is 0. The van der Waals surface area contributed by atoms with Gasteiger partial charge in [-0.25, -0.2) is 0 Å². The zero-order valence-electron chi connectivity index (χ0n) is 8.63. The van der Waals surface area contributed by atoms with Gasteiger partial charge in [0.05, 0.1) is 8.66 Å². The molecule has 2 aliphatic rings. The Kier molecular flexibility index (Phi) is 2.29. The first kappa shape index (κ1) is 10.0. The summed E-state index contributed by atoms with van der Waals surface area (Å²) in [6.45, 7) is 2.05. The molecule has 1 aromatic rings. The monoisotopic (exact) mass is 284 g/mol. The van der Waals surface area contributed by atoms with E-state index in [4.69, 9.17) is 0 Å². The maximum atomic E-state index is 12.2. The van der Waals surface area contributed by atoms with Crippen molar-refractivity contribution in [1.82, 2.24) is 0 Å². The molecule has 0 saturated heterocycles.